The van der Waals surface area contributed by atoms with Gasteiger partial charge in [-0.1, -0.05) is 37.1 Å². The molecule has 0 fully saturated rings. The molecule has 9 heteroatoms. The maximum atomic E-state index is 12.3. The van der Waals surface area contributed by atoms with Crippen LogP contribution in [0.15, 0.2) is 47.4 Å². The number of nitrogens with zero attached hydrogens (tertiary/aromatic N) is 2. The van der Waals surface area contributed by atoms with Gasteiger partial charge < -0.3 is 9.30 Å². The number of esters is 1. The Morgan fingerprint density at radius 1 is 1.25 bits per heavy atom. The summed E-state index contributed by atoms with van der Waals surface area (Å²) in [6, 6.07) is 11.2. The Balaban J connectivity index is 1.92. The van der Waals surface area contributed by atoms with Gasteiger partial charge in [-0.05, 0) is 36.8 Å². The van der Waals surface area contributed by atoms with Crippen LogP contribution in [0.2, 0.25) is 5.02 Å². The van der Waals surface area contributed by atoms with Crippen molar-refractivity contribution in [3.8, 4) is 0 Å². The molecule has 0 aliphatic heterocycles. The van der Waals surface area contributed by atoms with E-state index in [1.54, 1.807) is 30.3 Å². The fourth-order valence-corrected chi connectivity index (χ4v) is 3.59. The Bertz CT molecular complexity index is 1130. The molecule has 2 aromatic carbocycles. The average molecular weight is 422 g/mol. The second kappa shape index (κ2) is 8.30. The number of sulfonamides is 1. The van der Waals surface area contributed by atoms with Crippen LogP contribution in [0.4, 0.5) is 0 Å². The fraction of sp³-hybridized carbons (Fsp3) is 0.263. The van der Waals surface area contributed by atoms with E-state index in [1.807, 2.05) is 4.57 Å². The van der Waals surface area contributed by atoms with Crippen molar-refractivity contribution in [1.29, 1.82) is 0 Å². The summed E-state index contributed by atoms with van der Waals surface area (Å²) in [6.45, 7) is 2.67. The number of nitrogens with two attached hydrogens (primary N) is 1. The normalized spacial score (nSPS) is 11.7. The second-order valence-electron chi connectivity index (χ2n) is 6.28. The number of benzene rings is 2. The minimum absolute atomic E-state index is 0.0141. The number of fused-ring (bicyclic) bond motifs is 1. The van der Waals surface area contributed by atoms with Crippen molar-refractivity contribution in [2.24, 2.45) is 5.14 Å². The monoisotopic (exact) mass is 421 g/mol. The maximum Gasteiger partial charge on any atom is 0.340 e. The van der Waals surface area contributed by atoms with Gasteiger partial charge in [0.15, 0.2) is 0 Å². The van der Waals surface area contributed by atoms with E-state index in [1.165, 1.54) is 12.1 Å². The highest BCUT2D eigenvalue weighted by Crippen LogP contribution is 2.22. The smallest absolute Gasteiger partial charge is 0.340 e. The van der Waals surface area contributed by atoms with Crippen molar-refractivity contribution < 1.29 is 17.9 Å². The van der Waals surface area contributed by atoms with Gasteiger partial charge in [-0.3, -0.25) is 0 Å². The molecule has 0 amide bonds. The molecule has 28 heavy (non-hydrogen) atoms. The number of halogens is 1. The summed E-state index contributed by atoms with van der Waals surface area (Å²) in [5, 5.41) is 5.52. The highest BCUT2D eigenvalue weighted by Gasteiger charge is 2.17. The van der Waals surface area contributed by atoms with Crippen LogP contribution in [-0.4, -0.2) is 23.9 Å². The lowest BCUT2D eigenvalue weighted by atomic mass is 10.2. The highest BCUT2D eigenvalue weighted by atomic mass is 35.5. The molecule has 2 N–H and O–H groups in total. The van der Waals surface area contributed by atoms with E-state index in [0.29, 0.717) is 22.9 Å². The molecule has 3 rings (SSSR count). The minimum atomic E-state index is -3.83. The van der Waals surface area contributed by atoms with E-state index in [2.05, 4.69) is 11.9 Å². The largest absolute Gasteiger partial charge is 0.454 e. The minimum Gasteiger partial charge on any atom is -0.454 e. The number of unbranched alkanes of at least 4 members (excludes halogenated alkanes) is 1. The van der Waals surface area contributed by atoms with Gasteiger partial charge in [0.05, 0.1) is 26.5 Å². The number of rotatable bonds is 7. The van der Waals surface area contributed by atoms with Crippen molar-refractivity contribution >= 4 is 38.6 Å². The van der Waals surface area contributed by atoms with Crippen LogP contribution < -0.4 is 5.14 Å². The van der Waals surface area contributed by atoms with Gasteiger partial charge in [-0.2, -0.15) is 0 Å². The van der Waals surface area contributed by atoms with Crippen LogP contribution >= 0.6 is 11.6 Å². The van der Waals surface area contributed by atoms with Crippen molar-refractivity contribution in [1.82, 2.24) is 9.55 Å². The number of hydrogen-bond donors (Lipinski definition) is 1. The summed E-state index contributed by atoms with van der Waals surface area (Å²) >= 11 is 6.03. The molecule has 0 unspecified atom stereocenters. The molecule has 0 saturated heterocycles. The topological polar surface area (TPSA) is 104 Å². The van der Waals surface area contributed by atoms with E-state index in [9.17, 15) is 13.2 Å². The van der Waals surface area contributed by atoms with Gasteiger partial charge in [0.1, 0.15) is 12.4 Å². The van der Waals surface area contributed by atoms with Crippen LogP contribution in [0.25, 0.3) is 11.0 Å². The third kappa shape index (κ3) is 4.35. The van der Waals surface area contributed by atoms with Crippen molar-refractivity contribution in [2.75, 3.05) is 0 Å². The average Bonchev–Trinajstić information content (AvgIpc) is 3.00. The summed E-state index contributed by atoms with van der Waals surface area (Å²) in [4.78, 5) is 16.8. The molecule has 0 spiro atoms. The molecule has 0 saturated carbocycles. The number of hydrogen-bond acceptors (Lipinski definition) is 5. The number of carbonyl (C=O) groups is 1. The van der Waals surface area contributed by atoms with Gasteiger partial charge >= 0.3 is 5.97 Å². The van der Waals surface area contributed by atoms with Gasteiger partial charge in [0.25, 0.3) is 0 Å². The highest BCUT2D eigenvalue weighted by molar-refractivity contribution is 7.89. The molecule has 0 bridgehead atoms. The van der Waals surface area contributed by atoms with Crippen LogP contribution in [0.5, 0.6) is 0 Å². The molecule has 1 heterocycles. The first-order valence-corrected chi connectivity index (χ1v) is 10.7. The molecule has 0 atom stereocenters. The van der Waals surface area contributed by atoms with Crippen molar-refractivity contribution in [3.05, 3.63) is 58.9 Å². The van der Waals surface area contributed by atoms with Gasteiger partial charge in [0, 0.05) is 6.54 Å². The van der Waals surface area contributed by atoms with Crippen LogP contribution in [0.3, 0.4) is 0 Å². The summed E-state index contributed by atoms with van der Waals surface area (Å²) < 4.78 is 30.5. The quantitative estimate of drug-likeness (QED) is 0.588. The summed E-state index contributed by atoms with van der Waals surface area (Å²) in [7, 11) is -3.83. The summed E-state index contributed by atoms with van der Waals surface area (Å²) in [5.41, 5.74) is 1.51. The van der Waals surface area contributed by atoms with Crippen LogP contribution in [0.1, 0.15) is 35.9 Å². The van der Waals surface area contributed by atoms with E-state index >= 15 is 0 Å². The van der Waals surface area contributed by atoms with Gasteiger partial charge in [0.2, 0.25) is 10.0 Å². The molecule has 0 radical (unpaired) electrons. The zero-order chi connectivity index (χ0) is 20.3. The Hall–Kier alpha value is -2.42. The van der Waals surface area contributed by atoms with E-state index < -0.39 is 16.0 Å². The van der Waals surface area contributed by atoms with Crippen molar-refractivity contribution in [2.45, 2.75) is 37.8 Å². The second-order valence-corrected chi connectivity index (χ2v) is 8.25. The predicted molar refractivity (Wildman–Crippen MR) is 107 cm³/mol. The fourth-order valence-electron chi connectivity index (χ4n) is 2.85. The molecule has 3 aromatic rings. The molecule has 0 aliphatic rings. The lowest BCUT2D eigenvalue weighted by Crippen LogP contribution is -2.12. The van der Waals surface area contributed by atoms with Crippen LogP contribution in [0, 0.1) is 0 Å². The van der Waals surface area contributed by atoms with Crippen molar-refractivity contribution in [3.63, 3.8) is 0 Å². The zero-order valence-corrected chi connectivity index (χ0v) is 16.8. The first-order chi connectivity index (χ1) is 13.3. The molecule has 7 nitrogen and oxygen atoms in total. The Kier molecular flexibility index (Phi) is 6.02. The number of aryl methyl sites for hydroxylation is 1. The van der Waals surface area contributed by atoms with E-state index in [0.717, 1.165) is 18.4 Å². The van der Waals surface area contributed by atoms with Crippen LogP contribution in [-0.2, 0) is 27.9 Å². The Labute approximate surface area is 168 Å². The molecule has 1 aromatic heterocycles. The van der Waals surface area contributed by atoms with Gasteiger partial charge in [-0.15, -0.1) is 0 Å². The Morgan fingerprint density at radius 2 is 2.00 bits per heavy atom. The van der Waals surface area contributed by atoms with E-state index in [-0.39, 0.29) is 17.1 Å². The molecular formula is C19H20ClN3O4S. The first kappa shape index (κ1) is 20.3. The third-order valence-electron chi connectivity index (χ3n) is 4.29. The molecular weight excluding hydrogens is 402 g/mol. The molecule has 148 valence electrons. The maximum absolute atomic E-state index is 12.3. The lowest BCUT2D eigenvalue weighted by molar-refractivity contribution is 0.0458. The summed E-state index contributed by atoms with van der Waals surface area (Å²) in [6.07, 6.45) is 1.86. The lowest BCUT2D eigenvalue weighted by Gasteiger charge is -2.10. The predicted octanol–water partition coefficient (Wildman–Crippen LogP) is 3.49. The summed E-state index contributed by atoms with van der Waals surface area (Å²) in [5.74, 6) is -0.0275. The number of primary sulfonamides is 1. The number of imidazole rings is 1. The number of ether oxygens (including phenoxy) is 1. The SMILES string of the molecule is CCCCn1c(COC(=O)c2ccccc2Cl)nc2cc(S(N)(=O)=O)ccc21. The Morgan fingerprint density at radius 3 is 2.68 bits per heavy atom. The first-order valence-electron chi connectivity index (χ1n) is 8.75. The van der Waals surface area contributed by atoms with E-state index in [4.69, 9.17) is 21.5 Å². The van der Waals surface area contributed by atoms with Gasteiger partial charge in [-0.25, -0.2) is 23.3 Å². The molecule has 0 aliphatic carbocycles. The zero-order valence-electron chi connectivity index (χ0n) is 15.3. The number of aromatic nitrogens is 2. The third-order valence-corrected chi connectivity index (χ3v) is 5.53. The number of carbonyl (C=O) groups excluding carboxylic acids is 1. The standard InChI is InChI=1S/C19H20ClN3O4S/c1-2-3-10-23-17-9-8-13(28(21,25)26)11-16(17)22-18(23)12-27-19(24)14-6-4-5-7-15(14)20/h4-9,11H,2-3,10,12H2,1H3,(H2,21,25,26).